The van der Waals surface area contributed by atoms with Crippen molar-refractivity contribution in [3.8, 4) is 5.75 Å². The van der Waals surface area contributed by atoms with E-state index in [9.17, 15) is 4.79 Å². The van der Waals surface area contributed by atoms with E-state index in [4.69, 9.17) is 4.74 Å². The van der Waals surface area contributed by atoms with Crippen molar-refractivity contribution in [1.82, 2.24) is 9.97 Å². The Hall–Kier alpha value is -4.39. The number of hydrogen-bond acceptors (Lipinski definition) is 6. The number of methoxy groups -OCH3 is 1. The summed E-state index contributed by atoms with van der Waals surface area (Å²) < 4.78 is 5.20. The maximum absolute atomic E-state index is 12.5. The van der Waals surface area contributed by atoms with E-state index in [1.807, 2.05) is 85.8 Å². The van der Waals surface area contributed by atoms with Gasteiger partial charge < -0.3 is 20.7 Å². The molecule has 3 aromatic carbocycles. The van der Waals surface area contributed by atoms with Gasteiger partial charge in [-0.05, 0) is 79.6 Å². The second-order valence-corrected chi connectivity index (χ2v) is 7.78. The van der Waals surface area contributed by atoms with Crippen molar-refractivity contribution in [1.29, 1.82) is 0 Å². The number of aryl methyl sites for hydroxylation is 2. The molecule has 7 heteroatoms. The molecular weight excluding hydrogens is 426 g/mol. The molecule has 0 aliphatic carbocycles. The quantitative estimate of drug-likeness (QED) is 0.299. The van der Waals surface area contributed by atoms with E-state index in [1.165, 1.54) is 5.56 Å². The topological polar surface area (TPSA) is 88.2 Å². The number of ether oxygens (including phenoxy) is 1. The van der Waals surface area contributed by atoms with Crippen LogP contribution in [0.3, 0.4) is 0 Å². The van der Waals surface area contributed by atoms with Gasteiger partial charge in [-0.3, -0.25) is 4.79 Å². The third kappa shape index (κ3) is 5.89. The van der Waals surface area contributed by atoms with Crippen molar-refractivity contribution in [3.05, 3.63) is 95.7 Å². The van der Waals surface area contributed by atoms with Gasteiger partial charge in [0.2, 0.25) is 5.95 Å². The second kappa shape index (κ2) is 10.5. The Bertz CT molecular complexity index is 1250. The van der Waals surface area contributed by atoms with Gasteiger partial charge in [0.05, 0.1) is 7.11 Å². The number of rotatable bonds is 8. The van der Waals surface area contributed by atoms with Crippen LogP contribution in [-0.2, 0) is 6.42 Å². The summed E-state index contributed by atoms with van der Waals surface area (Å²) in [6.45, 7) is 4.00. The van der Waals surface area contributed by atoms with Crippen molar-refractivity contribution < 1.29 is 9.53 Å². The molecule has 1 heterocycles. The van der Waals surface area contributed by atoms with Gasteiger partial charge in [-0.2, -0.15) is 4.98 Å². The van der Waals surface area contributed by atoms with E-state index in [1.54, 1.807) is 7.11 Å². The number of benzene rings is 3. The van der Waals surface area contributed by atoms with E-state index >= 15 is 0 Å². The number of carbonyl (C=O) groups is 1. The lowest BCUT2D eigenvalue weighted by Crippen LogP contribution is -2.11. The molecular formula is C27H27N5O2. The molecule has 34 heavy (non-hydrogen) atoms. The molecule has 0 saturated carbocycles. The zero-order chi connectivity index (χ0) is 23.9. The van der Waals surface area contributed by atoms with Crippen molar-refractivity contribution in [2.24, 2.45) is 0 Å². The summed E-state index contributed by atoms with van der Waals surface area (Å²) in [5.41, 5.74) is 5.08. The predicted molar refractivity (Wildman–Crippen MR) is 137 cm³/mol. The van der Waals surface area contributed by atoms with Crippen molar-refractivity contribution in [2.45, 2.75) is 20.3 Å². The van der Waals surface area contributed by atoms with Crippen LogP contribution in [0.15, 0.2) is 78.9 Å². The molecule has 0 spiro atoms. The maximum Gasteiger partial charge on any atom is 0.255 e. The fourth-order valence-corrected chi connectivity index (χ4v) is 3.37. The van der Waals surface area contributed by atoms with Gasteiger partial charge in [0.15, 0.2) is 0 Å². The van der Waals surface area contributed by atoms with Gasteiger partial charge in [-0.25, -0.2) is 4.98 Å². The van der Waals surface area contributed by atoms with Gasteiger partial charge in [0.1, 0.15) is 11.6 Å². The summed E-state index contributed by atoms with van der Waals surface area (Å²) >= 11 is 0. The minimum atomic E-state index is -0.139. The van der Waals surface area contributed by atoms with E-state index in [-0.39, 0.29) is 5.91 Å². The van der Waals surface area contributed by atoms with Gasteiger partial charge in [-0.15, -0.1) is 0 Å². The number of anilines is 5. The third-order valence-corrected chi connectivity index (χ3v) is 5.24. The first-order valence-corrected chi connectivity index (χ1v) is 11.1. The summed E-state index contributed by atoms with van der Waals surface area (Å²) in [4.78, 5) is 21.5. The lowest BCUT2D eigenvalue weighted by Gasteiger charge is -2.11. The van der Waals surface area contributed by atoms with E-state index in [0.717, 1.165) is 29.2 Å². The normalized spacial score (nSPS) is 10.4. The van der Waals surface area contributed by atoms with Gasteiger partial charge >= 0.3 is 0 Å². The number of nitrogens with zero attached hydrogens (tertiary/aromatic N) is 2. The fourth-order valence-electron chi connectivity index (χ4n) is 3.37. The molecule has 0 radical (unpaired) electrons. The van der Waals surface area contributed by atoms with Crippen LogP contribution in [0, 0.1) is 6.92 Å². The lowest BCUT2D eigenvalue weighted by atomic mass is 10.1. The average molecular weight is 454 g/mol. The number of aromatic nitrogens is 2. The molecule has 4 rings (SSSR count). The molecule has 1 amide bonds. The zero-order valence-corrected chi connectivity index (χ0v) is 19.4. The number of carbonyl (C=O) groups excluding carboxylic acids is 1. The summed E-state index contributed by atoms with van der Waals surface area (Å²) in [6, 6.07) is 24.6. The first-order valence-electron chi connectivity index (χ1n) is 11.1. The Labute approximate surface area is 199 Å². The minimum Gasteiger partial charge on any atom is -0.497 e. The molecule has 0 aliphatic rings. The Balaban J connectivity index is 1.40. The highest BCUT2D eigenvalue weighted by molar-refractivity contribution is 6.04. The number of amides is 1. The van der Waals surface area contributed by atoms with Crippen LogP contribution in [0.4, 0.5) is 28.8 Å². The Morgan fingerprint density at radius 3 is 2.09 bits per heavy atom. The molecule has 0 saturated heterocycles. The largest absolute Gasteiger partial charge is 0.497 e. The first kappa shape index (κ1) is 22.8. The lowest BCUT2D eigenvalue weighted by molar-refractivity contribution is 0.102. The van der Waals surface area contributed by atoms with Crippen LogP contribution in [0.2, 0.25) is 0 Å². The summed E-state index contributed by atoms with van der Waals surface area (Å²) in [6.07, 6.45) is 0.944. The second-order valence-electron chi connectivity index (χ2n) is 7.78. The SMILES string of the molecule is CCc1ccc(C(=O)Nc2ccc(Nc3nc(C)cc(Nc4ccc(OC)cc4)n3)cc2)cc1. The number of hydrogen-bond donors (Lipinski definition) is 3. The summed E-state index contributed by atoms with van der Waals surface area (Å²) in [5, 5.41) is 9.42. The van der Waals surface area contributed by atoms with Crippen LogP contribution < -0.4 is 20.7 Å². The van der Waals surface area contributed by atoms with Gasteiger partial charge in [-0.1, -0.05) is 19.1 Å². The highest BCUT2D eigenvalue weighted by atomic mass is 16.5. The Morgan fingerprint density at radius 2 is 1.44 bits per heavy atom. The molecule has 7 nitrogen and oxygen atoms in total. The summed E-state index contributed by atoms with van der Waals surface area (Å²) in [5.74, 6) is 1.81. The molecule has 0 unspecified atom stereocenters. The highest BCUT2D eigenvalue weighted by Gasteiger charge is 2.07. The van der Waals surface area contributed by atoms with E-state index in [2.05, 4.69) is 32.8 Å². The average Bonchev–Trinajstić information content (AvgIpc) is 2.85. The molecule has 4 aromatic rings. The van der Waals surface area contributed by atoms with Gasteiger partial charge in [0, 0.05) is 34.4 Å². The zero-order valence-electron chi connectivity index (χ0n) is 19.4. The molecule has 1 aromatic heterocycles. The third-order valence-electron chi connectivity index (χ3n) is 5.24. The Morgan fingerprint density at radius 1 is 0.824 bits per heavy atom. The molecule has 0 aliphatic heterocycles. The highest BCUT2D eigenvalue weighted by Crippen LogP contribution is 2.22. The van der Waals surface area contributed by atoms with Gasteiger partial charge in [0.25, 0.3) is 5.91 Å². The molecule has 0 bridgehead atoms. The van der Waals surface area contributed by atoms with E-state index in [0.29, 0.717) is 23.0 Å². The van der Waals surface area contributed by atoms with Crippen LogP contribution in [-0.4, -0.2) is 23.0 Å². The van der Waals surface area contributed by atoms with Crippen LogP contribution in [0.5, 0.6) is 5.75 Å². The molecule has 0 atom stereocenters. The molecule has 172 valence electrons. The smallest absolute Gasteiger partial charge is 0.255 e. The van der Waals surface area contributed by atoms with Crippen LogP contribution >= 0.6 is 0 Å². The Kier molecular flexibility index (Phi) is 7.03. The monoisotopic (exact) mass is 453 g/mol. The number of nitrogens with one attached hydrogen (secondary N) is 3. The van der Waals surface area contributed by atoms with Crippen LogP contribution in [0.1, 0.15) is 28.5 Å². The van der Waals surface area contributed by atoms with E-state index < -0.39 is 0 Å². The maximum atomic E-state index is 12.5. The fraction of sp³-hybridized carbons (Fsp3) is 0.148. The van der Waals surface area contributed by atoms with Crippen molar-refractivity contribution in [3.63, 3.8) is 0 Å². The van der Waals surface area contributed by atoms with Crippen molar-refractivity contribution >= 4 is 34.7 Å². The summed E-state index contributed by atoms with van der Waals surface area (Å²) in [7, 11) is 1.64. The first-order chi connectivity index (χ1) is 16.5. The van der Waals surface area contributed by atoms with Crippen LogP contribution in [0.25, 0.3) is 0 Å². The molecule has 0 fully saturated rings. The standard InChI is InChI=1S/C27H27N5O2/c1-4-19-5-7-20(8-6-19)26(33)30-22-9-11-23(12-10-22)31-27-28-18(2)17-25(32-27)29-21-13-15-24(34-3)16-14-21/h5-17H,4H2,1-3H3,(H,30,33)(H2,28,29,31,32). The minimum absolute atomic E-state index is 0.139. The predicted octanol–water partition coefficient (Wildman–Crippen LogP) is 6.10. The molecule has 3 N–H and O–H groups in total. The van der Waals surface area contributed by atoms with Crippen molar-refractivity contribution in [2.75, 3.05) is 23.1 Å².